The zero-order chi connectivity index (χ0) is 13.0. The SMILES string of the molecule is C/C=C/C(=O)NCCc1c[nH]c2ccc(C)cc12. The highest BCUT2D eigenvalue weighted by Crippen LogP contribution is 2.19. The van der Waals surface area contributed by atoms with Gasteiger partial charge in [-0.2, -0.15) is 0 Å². The number of aryl methyl sites for hydroxylation is 1. The van der Waals surface area contributed by atoms with E-state index >= 15 is 0 Å². The first kappa shape index (κ1) is 12.4. The summed E-state index contributed by atoms with van der Waals surface area (Å²) in [6.45, 7) is 4.58. The first-order valence-corrected chi connectivity index (χ1v) is 6.18. The number of carbonyl (C=O) groups excluding carboxylic acids is 1. The molecule has 1 aromatic carbocycles. The van der Waals surface area contributed by atoms with Crippen molar-refractivity contribution in [2.45, 2.75) is 20.3 Å². The minimum atomic E-state index is -0.0338. The molecule has 0 saturated heterocycles. The molecule has 3 heteroatoms. The summed E-state index contributed by atoms with van der Waals surface area (Å²) >= 11 is 0. The summed E-state index contributed by atoms with van der Waals surface area (Å²) < 4.78 is 0. The second kappa shape index (κ2) is 5.54. The van der Waals surface area contributed by atoms with E-state index in [1.54, 1.807) is 12.2 Å². The van der Waals surface area contributed by atoms with Crippen LogP contribution in [0.4, 0.5) is 0 Å². The summed E-state index contributed by atoms with van der Waals surface area (Å²) in [6.07, 6.45) is 6.14. The van der Waals surface area contributed by atoms with Gasteiger partial charge in [-0.3, -0.25) is 4.79 Å². The van der Waals surface area contributed by atoms with Crippen LogP contribution < -0.4 is 5.32 Å². The molecule has 0 bridgehead atoms. The fraction of sp³-hybridized carbons (Fsp3) is 0.267. The third-order valence-corrected chi connectivity index (χ3v) is 2.93. The fourth-order valence-electron chi connectivity index (χ4n) is 2.03. The van der Waals surface area contributed by atoms with Crippen LogP contribution in [0.15, 0.2) is 36.5 Å². The van der Waals surface area contributed by atoms with Crippen molar-refractivity contribution in [1.82, 2.24) is 10.3 Å². The number of hydrogen-bond donors (Lipinski definition) is 2. The van der Waals surface area contributed by atoms with Gasteiger partial charge in [0.25, 0.3) is 0 Å². The van der Waals surface area contributed by atoms with Crippen molar-refractivity contribution in [1.29, 1.82) is 0 Å². The van der Waals surface area contributed by atoms with Gasteiger partial charge in [0, 0.05) is 23.6 Å². The van der Waals surface area contributed by atoms with Crippen LogP contribution in [0.3, 0.4) is 0 Å². The predicted molar refractivity (Wildman–Crippen MR) is 74.6 cm³/mol. The topological polar surface area (TPSA) is 44.9 Å². The first-order valence-electron chi connectivity index (χ1n) is 6.18. The number of H-pyrrole nitrogens is 1. The fourth-order valence-corrected chi connectivity index (χ4v) is 2.03. The van der Waals surface area contributed by atoms with Crippen LogP contribution in [0.25, 0.3) is 10.9 Å². The van der Waals surface area contributed by atoms with E-state index in [4.69, 9.17) is 0 Å². The lowest BCUT2D eigenvalue weighted by Gasteiger charge is -2.02. The Balaban J connectivity index is 2.04. The minimum absolute atomic E-state index is 0.0338. The van der Waals surface area contributed by atoms with E-state index in [2.05, 4.69) is 35.4 Å². The second-order valence-electron chi connectivity index (χ2n) is 4.40. The van der Waals surface area contributed by atoms with Crippen LogP contribution >= 0.6 is 0 Å². The number of hydrogen-bond acceptors (Lipinski definition) is 1. The molecule has 2 N–H and O–H groups in total. The number of aromatic amines is 1. The number of aromatic nitrogens is 1. The molecule has 0 radical (unpaired) electrons. The lowest BCUT2D eigenvalue weighted by atomic mass is 10.1. The van der Waals surface area contributed by atoms with Crippen molar-refractivity contribution in [3.05, 3.63) is 47.7 Å². The van der Waals surface area contributed by atoms with Gasteiger partial charge in [0.1, 0.15) is 0 Å². The summed E-state index contributed by atoms with van der Waals surface area (Å²) in [6, 6.07) is 6.36. The predicted octanol–water partition coefficient (Wildman–Crippen LogP) is 2.71. The normalized spacial score (nSPS) is 11.2. The molecule has 0 fully saturated rings. The molecule has 18 heavy (non-hydrogen) atoms. The lowest BCUT2D eigenvalue weighted by molar-refractivity contribution is -0.116. The molecule has 1 heterocycles. The Morgan fingerprint density at radius 2 is 2.28 bits per heavy atom. The molecular weight excluding hydrogens is 224 g/mol. The maximum atomic E-state index is 11.3. The molecule has 0 atom stereocenters. The van der Waals surface area contributed by atoms with Gasteiger partial charge < -0.3 is 10.3 Å². The van der Waals surface area contributed by atoms with Crippen LogP contribution in [0.2, 0.25) is 0 Å². The van der Waals surface area contributed by atoms with Crippen molar-refractivity contribution >= 4 is 16.8 Å². The van der Waals surface area contributed by atoms with Crippen molar-refractivity contribution < 1.29 is 4.79 Å². The molecular formula is C15H18N2O. The average Bonchev–Trinajstić information content (AvgIpc) is 2.72. The maximum Gasteiger partial charge on any atom is 0.243 e. The largest absolute Gasteiger partial charge is 0.361 e. The number of rotatable bonds is 4. The minimum Gasteiger partial charge on any atom is -0.361 e. The van der Waals surface area contributed by atoms with Gasteiger partial charge in [0.15, 0.2) is 0 Å². The molecule has 2 aromatic rings. The van der Waals surface area contributed by atoms with E-state index in [0.717, 1.165) is 11.9 Å². The molecule has 3 nitrogen and oxygen atoms in total. The van der Waals surface area contributed by atoms with Crippen LogP contribution in [0.1, 0.15) is 18.1 Å². The monoisotopic (exact) mass is 242 g/mol. The van der Waals surface area contributed by atoms with Crippen molar-refractivity contribution in [3.63, 3.8) is 0 Å². The van der Waals surface area contributed by atoms with E-state index in [0.29, 0.717) is 6.54 Å². The smallest absolute Gasteiger partial charge is 0.243 e. The molecule has 94 valence electrons. The molecule has 0 spiro atoms. The standard InChI is InChI=1S/C15H18N2O/c1-3-4-15(18)16-8-7-12-10-17-14-6-5-11(2)9-13(12)14/h3-6,9-10,17H,7-8H2,1-2H3,(H,16,18)/b4-3+. The van der Waals surface area contributed by atoms with Gasteiger partial charge in [0.05, 0.1) is 0 Å². The number of amides is 1. The summed E-state index contributed by atoms with van der Waals surface area (Å²) in [5, 5.41) is 4.11. The third-order valence-electron chi connectivity index (χ3n) is 2.93. The van der Waals surface area contributed by atoms with Crippen molar-refractivity contribution in [2.24, 2.45) is 0 Å². The van der Waals surface area contributed by atoms with E-state index in [1.165, 1.54) is 16.5 Å². The molecule has 1 amide bonds. The van der Waals surface area contributed by atoms with Gasteiger partial charge in [0.2, 0.25) is 5.91 Å². The quantitative estimate of drug-likeness (QED) is 0.795. The molecule has 0 aliphatic carbocycles. The third kappa shape index (κ3) is 2.80. The first-order chi connectivity index (χ1) is 8.70. The van der Waals surface area contributed by atoms with Crippen molar-refractivity contribution in [3.8, 4) is 0 Å². The Morgan fingerprint density at radius 1 is 1.44 bits per heavy atom. The van der Waals surface area contributed by atoms with E-state index in [9.17, 15) is 4.79 Å². The Labute approximate surface area is 107 Å². The molecule has 0 saturated carbocycles. The van der Waals surface area contributed by atoms with Crippen LogP contribution in [-0.2, 0) is 11.2 Å². The van der Waals surface area contributed by atoms with Crippen LogP contribution in [0.5, 0.6) is 0 Å². The summed E-state index contributed by atoms with van der Waals surface area (Å²) in [7, 11) is 0. The highest BCUT2D eigenvalue weighted by atomic mass is 16.1. The molecule has 0 unspecified atom stereocenters. The number of fused-ring (bicyclic) bond motifs is 1. The summed E-state index contributed by atoms with van der Waals surface area (Å²) in [5.74, 6) is -0.0338. The Bertz CT molecular complexity index is 581. The van der Waals surface area contributed by atoms with Crippen LogP contribution in [0, 0.1) is 6.92 Å². The van der Waals surface area contributed by atoms with Gasteiger partial charge in [-0.05, 0) is 44.0 Å². The van der Waals surface area contributed by atoms with Gasteiger partial charge in [-0.15, -0.1) is 0 Å². The number of allylic oxidation sites excluding steroid dienone is 1. The van der Waals surface area contributed by atoms with Crippen molar-refractivity contribution in [2.75, 3.05) is 6.54 Å². The molecule has 0 aliphatic rings. The number of carbonyl (C=O) groups is 1. The zero-order valence-corrected chi connectivity index (χ0v) is 10.8. The van der Waals surface area contributed by atoms with E-state index in [-0.39, 0.29) is 5.91 Å². The Kier molecular flexibility index (Phi) is 3.82. The second-order valence-corrected chi connectivity index (χ2v) is 4.40. The molecule has 1 aromatic heterocycles. The average molecular weight is 242 g/mol. The zero-order valence-electron chi connectivity index (χ0n) is 10.8. The maximum absolute atomic E-state index is 11.3. The van der Waals surface area contributed by atoms with Gasteiger partial charge in [-0.1, -0.05) is 17.7 Å². The van der Waals surface area contributed by atoms with E-state index in [1.807, 2.05) is 13.1 Å². The summed E-state index contributed by atoms with van der Waals surface area (Å²) in [5.41, 5.74) is 3.64. The molecule has 2 rings (SSSR count). The van der Waals surface area contributed by atoms with Gasteiger partial charge in [-0.25, -0.2) is 0 Å². The van der Waals surface area contributed by atoms with Crippen LogP contribution in [-0.4, -0.2) is 17.4 Å². The Hall–Kier alpha value is -2.03. The number of nitrogens with one attached hydrogen (secondary N) is 2. The van der Waals surface area contributed by atoms with Gasteiger partial charge >= 0.3 is 0 Å². The molecule has 0 aliphatic heterocycles. The Morgan fingerprint density at radius 3 is 3.06 bits per heavy atom. The summed E-state index contributed by atoms with van der Waals surface area (Å²) in [4.78, 5) is 14.5. The number of benzene rings is 1. The highest BCUT2D eigenvalue weighted by molar-refractivity contribution is 5.87. The van der Waals surface area contributed by atoms with E-state index < -0.39 is 0 Å². The highest BCUT2D eigenvalue weighted by Gasteiger charge is 2.04. The lowest BCUT2D eigenvalue weighted by Crippen LogP contribution is -2.23.